The molecule has 24 heavy (non-hydrogen) atoms. The molecule has 6 nitrogen and oxygen atoms in total. The Kier molecular flexibility index (Phi) is 4.04. The van der Waals surface area contributed by atoms with Crippen molar-refractivity contribution in [1.82, 2.24) is 4.98 Å². The van der Waals surface area contributed by atoms with Gasteiger partial charge in [-0.15, -0.1) is 11.3 Å². The van der Waals surface area contributed by atoms with Crippen molar-refractivity contribution in [3.63, 3.8) is 0 Å². The molecule has 126 valence electrons. The van der Waals surface area contributed by atoms with Crippen LogP contribution in [0.1, 0.15) is 66.2 Å². The van der Waals surface area contributed by atoms with Crippen LogP contribution in [0.3, 0.4) is 0 Å². The third kappa shape index (κ3) is 2.54. The molecule has 0 atom stereocenters. The van der Waals surface area contributed by atoms with Crippen LogP contribution in [-0.4, -0.2) is 22.6 Å². The van der Waals surface area contributed by atoms with Crippen molar-refractivity contribution in [2.75, 3.05) is 5.32 Å². The second kappa shape index (κ2) is 5.90. The molecule has 0 radical (unpaired) electrons. The molecule has 2 amide bonds. The molecule has 0 aliphatic heterocycles. The van der Waals surface area contributed by atoms with Crippen LogP contribution in [-0.2, 0) is 12.8 Å². The lowest BCUT2D eigenvalue weighted by Crippen LogP contribution is -2.18. The molecule has 1 aliphatic rings. The number of nitrogens with two attached hydrogens (primary N) is 1. The van der Waals surface area contributed by atoms with Gasteiger partial charge in [-0.05, 0) is 51.2 Å². The van der Waals surface area contributed by atoms with Gasteiger partial charge in [-0.2, -0.15) is 0 Å². The van der Waals surface area contributed by atoms with Gasteiger partial charge in [0.05, 0.1) is 5.56 Å². The van der Waals surface area contributed by atoms with E-state index in [-0.39, 0.29) is 11.7 Å². The van der Waals surface area contributed by atoms with Gasteiger partial charge in [0.1, 0.15) is 10.7 Å². The molecule has 3 rings (SSSR count). The number of anilines is 1. The maximum atomic E-state index is 12.6. The summed E-state index contributed by atoms with van der Waals surface area (Å²) in [5, 5.41) is 3.29. The number of aromatic amines is 1. The number of fused-ring (bicyclic) bond motifs is 1. The normalized spacial score (nSPS) is 13.0. The number of primary amides is 1. The van der Waals surface area contributed by atoms with Crippen LogP contribution in [0, 0.1) is 13.8 Å². The van der Waals surface area contributed by atoms with Crippen molar-refractivity contribution in [2.24, 2.45) is 5.73 Å². The molecule has 0 aromatic carbocycles. The zero-order chi connectivity index (χ0) is 17.6. The molecule has 2 aromatic rings. The number of hydrogen-bond acceptors (Lipinski definition) is 4. The van der Waals surface area contributed by atoms with Gasteiger partial charge < -0.3 is 16.0 Å². The van der Waals surface area contributed by atoms with E-state index in [2.05, 4.69) is 10.3 Å². The minimum absolute atomic E-state index is 0.0896. The molecular weight excluding hydrogens is 326 g/mol. The number of hydrogen-bond donors (Lipinski definition) is 3. The summed E-state index contributed by atoms with van der Waals surface area (Å²) >= 11 is 1.41. The average molecular weight is 345 g/mol. The molecule has 2 heterocycles. The predicted octanol–water partition coefficient (Wildman–Crippen LogP) is 2.74. The Balaban J connectivity index is 1.96. The molecule has 0 bridgehead atoms. The smallest absolute Gasteiger partial charge is 0.273 e. The number of carbonyl (C=O) groups excluding carboxylic acids is 3. The van der Waals surface area contributed by atoms with E-state index in [0.29, 0.717) is 33.1 Å². The van der Waals surface area contributed by atoms with Crippen molar-refractivity contribution < 1.29 is 14.4 Å². The maximum absolute atomic E-state index is 12.6. The Morgan fingerprint density at radius 2 is 1.88 bits per heavy atom. The van der Waals surface area contributed by atoms with E-state index in [4.69, 9.17) is 5.73 Å². The number of rotatable bonds is 4. The summed E-state index contributed by atoms with van der Waals surface area (Å²) < 4.78 is 0. The molecule has 0 spiro atoms. The third-order valence-electron chi connectivity index (χ3n) is 4.41. The molecule has 0 saturated heterocycles. The van der Waals surface area contributed by atoms with Gasteiger partial charge in [0, 0.05) is 16.1 Å². The van der Waals surface area contributed by atoms with Gasteiger partial charge in [-0.1, -0.05) is 0 Å². The third-order valence-corrected chi connectivity index (χ3v) is 5.62. The molecule has 1 aliphatic carbocycles. The predicted molar refractivity (Wildman–Crippen MR) is 93.1 cm³/mol. The molecule has 2 aromatic heterocycles. The number of ketones is 1. The average Bonchev–Trinajstić information content (AvgIpc) is 3.10. The first-order valence-corrected chi connectivity index (χ1v) is 8.58. The highest BCUT2D eigenvalue weighted by atomic mass is 32.1. The second-order valence-corrected chi connectivity index (χ2v) is 7.17. The van der Waals surface area contributed by atoms with E-state index in [0.717, 1.165) is 29.7 Å². The maximum Gasteiger partial charge on any atom is 0.273 e. The highest BCUT2D eigenvalue weighted by Crippen LogP contribution is 2.39. The highest BCUT2D eigenvalue weighted by Gasteiger charge is 2.27. The first kappa shape index (κ1) is 16.4. The Labute approximate surface area is 143 Å². The lowest BCUT2D eigenvalue weighted by atomic mass is 10.1. The van der Waals surface area contributed by atoms with Gasteiger partial charge in [0.25, 0.3) is 11.8 Å². The van der Waals surface area contributed by atoms with Crippen molar-refractivity contribution >= 4 is 33.9 Å². The van der Waals surface area contributed by atoms with Gasteiger partial charge in [-0.25, -0.2) is 0 Å². The minimum atomic E-state index is -0.520. The summed E-state index contributed by atoms with van der Waals surface area (Å²) in [5.74, 6) is -0.979. The van der Waals surface area contributed by atoms with Crippen LogP contribution >= 0.6 is 11.3 Å². The highest BCUT2D eigenvalue weighted by molar-refractivity contribution is 7.17. The van der Waals surface area contributed by atoms with Crippen LogP contribution < -0.4 is 11.1 Å². The molecule has 0 fully saturated rings. The molecule has 0 saturated carbocycles. The Morgan fingerprint density at radius 1 is 1.17 bits per heavy atom. The number of carbonyl (C=O) groups is 3. The fourth-order valence-electron chi connectivity index (χ4n) is 3.42. The van der Waals surface area contributed by atoms with E-state index < -0.39 is 5.91 Å². The zero-order valence-electron chi connectivity index (χ0n) is 13.8. The SMILES string of the molecule is CC(=O)c1c(C)[nH]c(C(=O)Nc2sc3c(c2C(N)=O)CCC3)c1C. The lowest BCUT2D eigenvalue weighted by Gasteiger charge is -2.06. The zero-order valence-corrected chi connectivity index (χ0v) is 14.6. The topological polar surface area (TPSA) is 105 Å². The summed E-state index contributed by atoms with van der Waals surface area (Å²) in [6, 6.07) is 0. The van der Waals surface area contributed by atoms with Crippen LogP contribution in [0.2, 0.25) is 0 Å². The second-order valence-electron chi connectivity index (χ2n) is 6.06. The number of nitrogens with one attached hydrogen (secondary N) is 2. The van der Waals surface area contributed by atoms with Crippen molar-refractivity contribution in [2.45, 2.75) is 40.0 Å². The van der Waals surface area contributed by atoms with Crippen LogP contribution in [0.5, 0.6) is 0 Å². The molecule has 7 heteroatoms. The van der Waals surface area contributed by atoms with E-state index >= 15 is 0 Å². The van der Waals surface area contributed by atoms with Crippen molar-refractivity contribution in [3.05, 3.63) is 38.5 Å². The summed E-state index contributed by atoms with van der Waals surface area (Å²) in [6.07, 6.45) is 2.73. The summed E-state index contributed by atoms with van der Waals surface area (Å²) in [7, 11) is 0. The largest absolute Gasteiger partial charge is 0.365 e. The summed E-state index contributed by atoms with van der Waals surface area (Å²) in [5.41, 5.74) is 9.04. The fraction of sp³-hybridized carbons (Fsp3) is 0.353. The standard InChI is InChI=1S/C17H19N3O3S/c1-7-12(9(3)21)8(2)19-14(7)16(23)20-17-13(15(18)22)10-5-4-6-11(10)24-17/h19H,4-6H2,1-3H3,(H2,18,22)(H,20,23). The van der Waals surface area contributed by atoms with Crippen LogP contribution in [0.4, 0.5) is 5.00 Å². The van der Waals surface area contributed by atoms with E-state index in [1.54, 1.807) is 13.8 Å². The van der Waals surface area contributed by atoms with Gasteiger partial charge in [0.2, 0.25) is 0 Å². The van der Waals surface area contributed by atoms with Gasteiger partial charge in [0.15, 0.2) is 5.78 Å². The Bertz CT molecular complexity index is 876. The fourth-order valence-corrected chi connectivity index (χ4v) is 4.71. The number of Topliss-reactive ketones (excluding diaryl/α,β-unsaturated/α-hetero) is 1. The number of thiophene rings is 1. The molecule has 0 unspecified atom stereocenters. The summed E-state index contributed by atoms with van der Waals surface area (Å²) in [4.78, 5) is 40.2. The van der Waals surface area contributed by atoms with Gasteiger partial charge in [-0.3, -0.25) is 14.4 Å². The van der Waals surface area contributed by atoms with E-state index in [1.807, 2.05) is 0 Å². The molecule has 4 N–H and O–H groups in total. The monoisotopic (exact) mass is 345 g/mol. The van der Waals surface area contributed by atoms with E-state index in [1.165, 1.54) is 18.3 Å². The number of aryl methyl sites for hydroxylation is 2. The quantitative estimate of drug-likeness (QED) is 0.742. The first-order chi connectivity index (χ1) is 11.3. The first-order valence-electron chi connectivity index (χ1n) is 7.77. The minimum Gasteiger partial charge on any atom is -0.365 e. The number of aromatic nitrogens is 1. The van der Waals surface area contributed by atoms with E-state index in [9.17, 15) is 14.4 Å². The van der Waals surface area contributed by atoms with Gasteiger partial charge >= 0.3 is 0 Å². The number of H-pyrrole nitrogens is 1. The van der Waals surface area contributed by atoms with Crippen molar-refractivity contribution in [1.29, 1.82) is 0 Å². The molecular formula is C17H19N3O3S. The number of amides is 2. The summed E-state index contributed by atoms with van der Waals surface area (Å²) in [6.45, 7) is 4.97. The van der Waals surface area contributed by atoms with Crippen LogP contribution in [0.15, 0.2) is 0 Å². The van der Waals surface area contributed by atoms with Crippen molar-refractivity contribution in [3.8, 4) is 0 Å². The Morgan fingerprint density at radius 3 is 2.46 bits per heavy atom. The Hall–Kier alpha value is -2.41. The lowest BCUT2D eigenvalue weighted by molar-refractivity contribution is 0.0996. The van der Waals surface area contributed by atoms with Crippen LogP contribution in [0.25, 0.3) is 0 Å².